The lowest BCUT2D eigenvalue weighted by molar-refractivity contribution is -0.870. The van der Waals surface area contributed by atoms with Crippen LogP contribution in [0.2, 0.25) is 0 Å². The van der Waals surface area contributed by atoms with Gasteiger partial charge in [-0.25, -0.2) is 0 Å². The van der Waals surface area contributed by atoms with E-state index in [1.807, 2.05) is 21.1 Å². The molecule has 0 spiro atoms. The molecule has 0 aromatic heterocycles. The highest BCUT2D eigenvalue weighted by Crippen LogP contribution is 2.38. The Kier molecular flexibility index (Phi) is 47.5. The topological polar surface area (TPSA) is 111 Å². The standard InChI is InChI=1S/C57H106NO8P/c1-6-8-10-12-14-16-18-20-21-22-23-24-25-26-27-28-29-30-31-32-33-34-35-36-37-38-40-42-44-46-48-50-57(60)66-55(54-65-67(61,62)64-52-51-58(3,4)5)53-63-56(59)49-47-45-43-41-39-19-17-15-13-11-9-7-2/h15,17-18,20,22-23,25-26,55H,6-14,16,19,21,24,27-54H2,1-5H3/b17-15-,20-18-,23-22-,26-25-. The van der Waals surface area contributed by atoms with Crippen LogP contribution in [0, 0.1) is 0 Å². The number of rotatable bonds is 51. The number of unbranched alkanes of at least 4 members (excludes halogenated alkanes) is 29. The van der Waals surface area contributed by atoms with Gasteiger partial charge in [-0.1, -0.05) is 210 Å². The average molecular weight is 964 g/mol. The molecule has 0 saturated carbocycles. The van der Waals surface area contributed by atoms with Gasteiger partial charge in [-0.3, -0.25) is 14.2 Å². The van der Waals surface area contributed by atoms with Crippen molar-refractivity contribution in [3.63, 3.8) is 0 Å². The third-order valence-electron chi connectivity index (χ3n) is 12.1. The maximum Gasteiger partial charge on any atom is 0.306 e. The lowest BCUT2D eigenvalue weighted by Crippen LogP contribution is -2.37. The van der Waals surface area contributed by atoms with E-state index in [9.17, 15) is 19.0 Å². The van der Waals surface area contributed by atoms with Crippen molar-refractivity contribution in [2.24, 2.45) is 0 Å². The van der Waals surface area contributed by atoms with Crippen LogP contribution in [0.15, 0.2) is 48.6 Å². The first-order chi connectivity index (χ1) is 32.5. The fraction of sp³-hybridized carbons (Fsp3) is 0.825. The Morgan fingerprint density at radius 1 is 0.463 bits per heavy atom. The molecule has 0 aliphatic heterocycles. The Hall–Kier alpha value is -2.03. The zero-order chi connectivity index (χ0) is 49.2. The molecule has 0 saturated heterocycles. The van der Waals surface area contributed by atoms with E-state index in [0.717, 1.165) is 70.6 Å². The number of esters is 2. The molecule has 0 aromatic rings. The highest BCUT2D eigenvalue weighted by Gasteiger charge is 2.21. The minimum absolute atomic E-state index is 0.0319. The molecule has 0 radical (unpaired) electrons. The molecule has 0 aromatic carbocycles. The SMILES string of the molecule is CCCCC/C=C\CCCCCCCC(=O)OCC(COP(=O)([O-])OCC[N+](C)(C)C)OC(=O)CCCCCCCCCCCCCCCCCC/C=C\C/C=C\C/C=C\CCCCCCC. The maximum atomic E-state index is 12.8. The zero-order valence-electron chi connectivity index (χ0n) is 44.3. The molecular formula is C57H106NO8P. The summed E-state index contributed by atoms with van der Waals surface area (Å²) in [6.45, 7) is 4.20. The molecule has 0 bridgehead atoms. The molecule has 10 heteroatoms. The Morgan fingerprint density at radius 2 is 0.806 bits per heavy atom. The van der Waals surface area contributed by atoms with Gasteiger partial charge in [0.1, 0.15) is 19.8 Å². The van der Waals surface area contributed by atoms with E-state index in [-0.39, 0.29) is 26.1 Å². The highest BCUT2D eigenvalue weighted by molar-refractivity contribution is 7.45. The second-order valence-corrected chi connectivity index (χ2v) is 21.4. The van der Waals surface area contributed by atoms with Crippen molar-refractivity contribution in [2.75, 3.05) is 47.5 Å². The van der Waals surface area contributed by atoms with Crippen molar-refractivity contribution in [3.05, 3.63) is 48.6 Å². The van der Waals surface area contributed by atoms with Gasteiger partial charge in [0.2, 0.25) is 0 Å². The number of phosphoric acid groups is 1. The monoisotopic (exact) mass is 964 g/mol. The van der Waals surface area contributed by atoms with Crippen molar-refractivity contribution in [3.8, 4) is 0 Å². The van der Waals surface area contributed by atoms with Crippen molar-refractivity contribution < 1.29 is 42.1 Å². The Balaban J connectivity index is 4.05. The van der Waals surface area contributed by atoms with Crippen molar-refractivity contribution >= 4 is 19.8 Å². The molecule has 2 unspecified atom stereocenters. The van der Waals surface area contributed by atoms with Crippen LogP contribution >= 0.6 is 7.82 Å². The second kappa shape index (κ2) is 49.0. The molecule has 2 atom stereocenters. The van der Waals surface area contributed by atoms with Crippen LogP contribution < -0.4 is 4.89 Å². The van der Waals surface area contributed by atoms with Gasteiger partial charge in [0.15, 0.2) is 6.10 Å². The van der Waals surface area contributed by atoms with Gasteiger partial charge >= 0.3 is 11.9 Å². The number of allylic oxidation sites excluding steroid dienone is 8. The van der Waals surface area contributed by atoms with Crippen molar-refractivity contribution in [2.45, 2.75) is 258 Å². The van der Waals surface area contributed by atoms with E-state index in [0.29, 0.717) is 17.4 Å². The molecule has 0 aliphatic rings. The van der Waals surface area contributed by atoms with Gasteiger partial charge in [-0.15, -0.1) is 0 Å². The summed E-state index contributed by atoms with van der Waals surface area (Å²) in [6, 6.07) is 0. The predicted molar refractivity (Wildman–Crippen MR) is 282 cm³/mol. The molecule has 0 heterocycles. The van der Waals surface area contributed by atoms with Gasteiger partial charge in [-0.2, -0.15) is 0 Å². The van der Waals surface area contributed by atoms with E-state index < -0.39 is 32.5 Å². The third-order valence-corrected chi connectivity index (χ3v) is 13.0. The Morgan fingerprint density at radius 3 is 1.24 bits per heavy atom. The van der Waals surface area contributed by atoms with Crippen LogP contribution in [0.4, 0.5) is 0 Å². The van der Waals surface area contributed by atoms with Crippen molar-refractivity contribution in [1.82, 2.24) is 0 Å². The van der Waals surface area contributed by atoms with Gasteiger partial charge < -0.3 is 27.9 Å². The van der Waals surface area contributed by atoms with Crippen molar-refractivity contribution in [1.29, 1.82) is 0 Å². The number of hydrogen-bond acceptors (Lipinski definition) is 8. The number of carbonyl (C=O) groups excluding carboxylic acids is 2. The van der Waals surface area contributed by atoms with Crippen LogP contribution in [-0.2, 0) is 32.7 Å². The summed E-state index contributed by atoms with van der Waals surface area (Å²) >= 11 is 0. The molecular weight excluding hydrogens is 858 g/mol. The van der Waals surface area contributed by atoms with Crippen LogP contribution in [-0.4, -0.2) is 70.0 Å². The fourth-order valence-corrected chi connectivity index (χ4v) is 8.45. The lowest BCUT2D eigenvalue weighted by atomic mass is 10.0. The minimum Gasteiger partial charge on any atom is -0.756 e. The van der Waals surface area contributed by atoms with Crippen LogP contribution in [0.1, 0.15) is 251 Å². The maximum absolute atomic E-state index is 12.8. The molecule has 392 valence electrons. The average Bonchev–Trinajstić information content (AvgIpc) is 3.29. The highest BCUT2D eigenvalue weighted by atomic mass is 31.2. The number of nitrogens with zero attached hydrogens (tertiary/aromatic N) is 1. The van der Waals surface area contributed by atoms with E-state index in [1.54, 1.807) is 0 Å². The lowest BCUT2D eigenvalue weighted by Gasteiger charge is -2.28. The molecule has 0 fully saturated rings. The summed E-state index contributed by atoms with van der Waals surface area (Å²) < 4.78 is 34.0. The largest absolute Gasteiger partial charge is 0.756 e. The summed E-state index contributed by atoms with van der Waals surface area (Å²) in [5.41, 5.74) is 0. The quantitative estimate of drug-likeness (QED) is 0.0195. The number of hydrogen-bond donors (Lipinski definition) is 0. The predicted octanol–water partition coefficient (Wildman–Crippen LogP) is 16.3. The van der Waals surface area contributed by atoms with Gasteiger partial charge in [0.05, 0.1) is 27.7 Å². The Labute approximate surface area is 414 Å². The van der Waals surface area contributed by atoms with Crippen LogP contribution in [0.25, 0.3) is 0 Å². The summed E-state index contributed by atoms with van der Waals surface area (Å²) in [4.78, 5) is 37.7. The van der Waals surface area contributed by atoms with Crippen LogP contribution in [0.5, 0.6) is 0 Å². The van der Waals surface area contributed by atoms with Gasteiger partial charge in [0.25, 0.3) is 7.82 Å². The molecule has 9 nitrogen and oxygen atoms in total. The van der Waals surface area contributed by atoms with Gasteiger partial charge in [-0.05, 0) is 77.0 Å². The smallest absolute Gasteiger partial charge is 0.306 e. The number of likely N-dealkylation sites (N-methyl/N-ethyl adjacent to an activating group) is 1. The second-order valence-electron chi connectivity index (χ2n) is 19.9. The molecule has 0 amide bonds. The normalized spacial score (nSPS) is 13.7. The number of phosphoric ester groups is 1. The molecule has 67 heavy (non-hydrogen) atoms. The minimum atomic E-state index is -4.63. The number of ether oxygens (including phenoxy) is 2. The number of carbonyl (C=O) groups is 2. The molecule has 0 N–H and O–H groups in total. The molecule has 0 rings (SSSR count). The molecule has 0 aliphatic carbocycles. The van der Waals surface area contributed by atoms with E-state index in [1.165, 1.54) is 148 Å². The summed E-state index contributed by atoms with van der Waals surface area (Å²) in [5, 5.41) is 0. The van der Waals surface area contributed by atoms with E-state index in [2.05, 4.69) is 62.5 Å². The Bertz CT molecular complexity index is 1270. The van der Waals surface area contributed by atoms with E-state index in [4.69, 9.17) is 18.5 Å². The zero-order valence-corrected chi connectivity index (χ0v) is 45.2. The van der Waals surface area contributed by atoms with E-state index >= 15 is 0 Å². The summed E-state index contributed by atoms with van der Waals surface area (Å²) in [6.07, 6.45) is 60.2. The first-order valence-corrected chi connectivity index (χ1v) is 29.3. The third kappa shape index (κ3) is 53.2. The fourth-order valence-electron chi connectivity index (χ4n) is 7.72. The first kappa shape index (κ1) is 65.0. The first-order valence-electron chi connectivity index (χ1n) is 27.8. The van der Waals surface area contributed by atoms with Gasteiger partial charge in [0, 0.05) is 12.8 Å². The van der Waals surface area contributed by atoms with Crippen LogP contribution in [0.3, 0.4) is 0 Å². The summed E-state index contributed by atoms with van der Waals surface area (Å²) in [5.74, 6) is -0.839. The summed E-state index contributed by atoms with van der Waals surface area (Å²) in [7, 11) is 1.17. The number of quaternary nitrogens is 1.